The lowest BCUT2D eigenvalue weighted by molar-refractivity contribution is 0.0668. The number of halogens is 2. The van der Waals surface area contributed by atoms with Crippen LogP contribution in [0.3, 0.4) is 0 Å². The number of imidazole rings is 1. The predicted octanol–water partition coefficient (Wildman–Crippen LogP) is 2.62. The molecule has 1 N–H and O–H groups in total. The van der Waals surface area contributed by atoms with Crippen molar-refractivity contribution >= 4 is 5.96 Å². The van der Waals surface area contributed by atoms with Crippen LogP contribution >= 0.6 is 0 Å². The molecule has 0 unspecified atom stereocenters. The number of alkyl halides is 2. The standard InChI is InChI=1S/C15H23F2N5/c1-18-14(20-10-12-19-7-9-22(12)13(16)17)21-8-6-15(11-21)4-2-3-5-15/h7,9,13H,2-6,8,10-11H2,1H3,(H,18,20). The van der Waals surface area contributed by atoms with Crippen LogP contribution in [0.4, 0.5) is 8.78 Å². The minimum absolute atomic E-state index is 0.257. The second-order valence-electron chi connectivity index (χ2n) is 6.31. The lowest BCUT2D eigenvalue weighted by Gasteiger charge is -2.25. The maximum absolute atomic E-state index is 12.8. The molecular formula is C15H23F2N5. The summed E-state index contributed by atoms with van der Waals surface area (Å²) < 4.78 is 26.5. The Morgan fingerprint density at radius 2 is 2.18 bits per heavy atom. The van der Waals surface area contributed by atoms with Crippen LogP contribution < -0.4 is 5.32 Å². The first-order valence-corrected chi connectivity index (χ1v) is 7.89. The van der Waals surface area contributed by atoms with Gasteiger partial charge in [-0.2, -0.15) is 8.78 Å². The van der Waals surface area contributed by atoms with Crippen molar-refractivity contribution in [2.75, 3.05) is 20.1 Å². The lowest BCUT2D eigenvalue weighted by Crippen LogP contribution is -2.41. The second-order valence-corrected chi connectivity index (χ2v) is 6.31. The fourth-order valence-electron chi connectivity index (χ4n) is 3.80. The quantitative estimate of drug-likeness (QED) is 0.689. The molecule has 22 heavy (non-hydrogen) atoms. The van der Waals surface area contributed by atoms with E-state index < -0.39 is 6.55 Å². The predicted molar refractivity (Wildman–Crippen MR) is 80.8 cm³/mol. The molecule has 0 bridgehead atoms. The van der Waals surface area contributed by atoms with E-state index in [0.717, 1.165) is 23.6 Å². The molecule has 1 aliphatic heterocycles. The van der Waals surface area contributed by atoms with E-state index in [2.05, 4.69) is 20.2 Å². The zero-order chi connectivity index (χ0) is 15.6. The minimum Gasteiger partial charge on any atom is -0.349 e. The number of likely N-dealkylation sites (tertiary alicyclic amines) is 1. The number of aromatic nitrogens is 2. The van der Waals surface area contributed by atoms with Crippen molar-refractivity contribution in [2.45, 2.75) is 45.2 Å². The van der Waals surface area contributed by atoms with Crippen molar-refractivity contribution in [1.29, 1.82) is 0 Å². The molecule has 2 aliphatic rings. The third-order valence-electron chi connectivity index (χ3n) is 4.98. The zero-order valence-corrected chi connectivity index (χ0v) is 12.9. The highest BCUT2D eigenvalue weighted by Crippen LogP contribution is 2.45. The maximum atomic E-state index is 12.8. The van der Waals surface area contributed by atoms with E-state index in [1.807, 2.05) is 0 Å². The minimum atomic E-state index is -2.56. The average Bonchev–Trinajstić information content (AvgIpc) is 3.23. The molecule has 2 fully saturated rings. The van der Waals surface area contributed by atoms with E-state index in [0.29, 0.717) is 11.2 Å². The number of nitrogens with zero attached hydrogens (tertiary/aromatic N) is 4. The summed E-state index contributed by atoms with van der Waals surface area (Å²) >= 11 is 0. The van der Waals surface area contributed by atoms with Gasteiger partial charge < -0.3 is 10.2 Å². The third kappa shape index (κ3) is 2.94. The molecule has 7 heteroatoms. The summed E-state index contributed by atoms with van der Waals surface area (Å²) in [5.74, 6) is 1.11. The van der Waals surface area contributed by atoms with Crippen LogP contribution in [0.5, 0.6) is 0 Å². The molecule has 0 amide bonds. The third-order valence-corrected chi connectivity index (χ3v) is 4.98. The van der Waals surface area contributed by atoms with Crippen LogP contribution in [0.25, 0.3) is 0 Å². The van der Waals surface area contributed by atoms with Crippen LogP contribution in [-0.2, 0) is 6.54 Å². The van der Waals surface area contributed by atoms with Gasteiger partial charge in [-0.05, 0) is 24.7 Å². The van der Waals surface area contributed by atoms with Crippen LogP contribution in [0.15, 0.2) is 17.4 Å². The Balaban J connectivity index is 1.60. The number of hydrogen-bond donors (Lipinski definition) is 1. The van der Waals surface area contributed by atoms with Crippen LogP contribution in [0, 0.1) is 5.41 Å². The zero-order valence-electron chi connectivity index (χ0n) is 12.9. The summed E-state index contributed by atoms with van der Waals surface area (Å²) in [5, 5.41) is 3.17. The SMILES string of the molecule is CN=C(NCc1nccn1C(F)F)N1CCC2(CCCC2)C1. The largest absolute Gasteiger partial charge is 0.349 e. The fourth-order valence-corrected chi connectivity index (χ4v) is 3.80. The average molecular weight is 311 g/mol. The number of hydrogen-bond acceptors (Lipinski definition) is 2. The summed E-state index contributed by atoms with van der Waals surface area (Å²) in [7, 11) is 1.74. The van der Waals surface area contributed by atoms with Crippen molar-refractivity contribution in [1.82, 2.24) is 19.8 Å². The maximum Gasteiger partial charge on any atom is 0.319 e. The fraction of sp³-hybridized carbons (Fsp3) is 0.733. The molecule has 0 atom stereocenters. The van der Waals surface area contributed by atoms with E-state index in [4.69, 9.17) is 0 Å². The normalized spacial score (nSPS) is 21.3. The van der Waals surface area contributed by atoms with E-state index >= 15 is 0 Å². The van der Waals surface area contributed by atoms with Crippen molar-refractivity contribution < 1.29 is 8.78 Å². The van der Waals surface area contributed by atoms with Gasteiger partial charge in [-0.1, -0.05) is 12.8 Å². The molecule has 3 rings (SSSR count). The number of aliphatic imine (C=N–C) groups is 1. The summed E-state index contributed by atoms with van der Waals surface area (Å²) in [6.07, 6.45) is 9.16. The Morgan fingerprint density at radius 1 is 1.41 bits per heavy atom. The van der Waals surface area contributed by atoms with Crippen molar-refractivity contribution in [3.8, 4) is 0 Å². The van der Waals surface area contributed by atoms with E-state index in [1.54, 1.807) is 7.05 Å². The Labute approximate surface area is 129 Å². The summed E-state index contributed by atoms with van der Waals surface area (Å²) in [6.45, 7) is -0.290. The number of rotatable bonds is 3. The van der Waals surface area contributed by atoms with Gasteiger partial charge >= 0.3 is 6.55 Å². The molecule has 5 nitrogen and oxygen atoms in total. The number of guanidine groups is 1. The Kier molecular flexibility index (Phi) is 4.31. The molecular weight excluding hydrogens is 288 g/mol. The van der Waals surface area contributed by atoms with Crippen molar-refractivity contribution in [3.63, 3.8) is 0 Å². The Morgan fingerprint density at radius 3 is 2.86 bits per heavy atom. The van der Waals surface area contributed by atoms with Gasteiger partial charge in [0.1, 0.15) is 5.82 Å². The first-order chi connectivity index (χ1) is 10.6. The molecule has 1 aliphatic carbocycles. The number of nitrogens with one attached hydrogen (secondary N) is 1. The van der Waals surface area contributed by atoms with Gasteiger partial charge in [-0.15, -0.1) is 0 Å². The van der Waals surface area contributed by atoms with Gasteiger partial charge in [0.05, 0.1) is 6.54 Å². The molecule has 0 aromatic carbocycles. The molecule has 1 saturated heterocycles. The molecule has 1 spiro atoms. The first-order valence-electron chi connectivity index (χ1n) is 7.89. The van der Waals surface area contributed by atoms with Crippen LogP contribution in [0.2, 0.25) is 0 Å². The van der Waals surface area contributed by atoms with Gasteiger partial charge in [0.2, 0.25) is 0 Å². The van der Waals surface area contributed by atoms with Crippen LogP contribution in [0.1, 0.15) is 44.5 Å². The highest BCUT2D eigenvalue weighted by molar-refractivity contribution is 5.80. The van der Waals surface area contributed by atoms with Crippen LogP contribution in [-0.4, -0.2) is 40.5 Å². The van der Waals surface area contributed by atoms with Gasteiger partial charge in [-0.25, -0.2) is 4.98 Å². The summed E-state index contributed by atoms with van der Waals surface area (Å²) in [5.41, 5.74) is 0.457. The van der Waals surface area contributed by atoms with Crippen molar-refractivity contribution in [2.24, 2.45) is 10.4 Å². The monoisotopic (exact) mass is 311 g/mol. The van der Waals surface area contributed by atoms with Gasteiger partial charge in [-0.3, -0.25) is 9.56 Å². The Bertz CT molecular complexity index is 534. The highest BCUT2D eigenvalue weighted by Gasteiger charge is 2.41. The van der Waals surface area contributed by atoms with Gasteiger partial charge in [0, 0.05) is 32.5 Å². The second kappa shape index (κ2) is 6.22. The topological polar surface area (TPSA) is 45.5 Å². The van der Waals surface area contributed by atoms with Gasteiger partial charge in [0.15, 0.2) is 5.96 Å². The molecule has 122 valence electrons. The van der Waals surface area contributed by atoms with E-state index in [1.165, 1.54) is 44.5 Å². The lowest BCUT2D eigenvalue weighted by atomic mass is 9.86. The van der Waals surface area contributed by atoms with E-state index in [-0.39, 0.29) is 6.54 Å². The first kappa shape index (κ1) is 15.2. The van der Waals surface area contributed by atoms with Gasteiger partial charge in [0.25, 0.3) is 0 Å². The summed E-state index contributed by atoms with van der Waals surface area (Å²) in [6, 6.07) is 0. The smallest absolute Gasteiger partial charge is 0.319 e. The molecule has 1 saturated carbocycles. The van der Waals surface area contributed by atoms with E-state index in [9.17, 15) is 8.78 Å². The molecule has 2 heterocycles. The molecule has 1 aromatic rings. The Hall–Kier alpha value is -1.66. The highest BCUT2D eigenvalue weighted by atomic mass is 19.3. The molecule has 0 radical (unpaired) electrons. The van der Waals surface area contributed by atoms with Crippen molar-refractivity contribution in [3.05, 3.63) is 18.2 Å². The summed E-state index contributed by atoms with van der Waals surface area (Å²) in [4.78, 5) is 10.5. The molecule has 1 aromatic heterocycles.